The molecule has 1 atom stereocenters. The molecule has 0 spiro atoms. The van der Waals surface area contributed by atoms with E-state index in [0.717, 1.165) is 11.1 Å². The molecule has 0 aromatic heterocycles. The first-order chi connectivity index (χ1) is 8.06. The lowest BCUT2D eigenvalue weighted by molar-refractivity contribution is 0.141. The van der Waals surface area contributed by atoms with Crippen LogP contribution in [0.4, 0.5) is 4.79 Å². The molecule has 1 heterocycles. The second-order valence-corrected chi connectivity index (χ2v) is 4.40. The molecule has 2 rings (SSSR count). The summed E-state index contributed by atoms with van der Waals surface area (Å²) in [7, 11) is 3.87. The predicted molar refractivity (Wildman–Crippen MR) is 62.7 cm³/mol. The Morgan fingerprint density at radius 3 is 2.88 bits per heavy atom. The van der Waals surface area contributed by atoms with Crippen LogP contribution < -0.4 is 5.32 Å². The second-order valence-electron chi connectivity index (χ2n) is 4.40. The largest absolute Gasteiger partial charge is 0.508 e. The number of ether oxygens (including phenoxy) is 1. The molecule has 5 heteroatoms. The lowest BCUT2D eigenvalue weighted by Gasteiger charge is -2.14. The molecule has 1 aromatic carbocycles. The lowest BCUT2D eigenvalue weighted by Crippen LogP contribution is -2.13. The molecule has 2 N–H and O–H groups in total. The maximum atomic E-state index is 11.0. The van der Waals surface area contributed by atoms with Crippen molar-refractivity contribution in [2.45, 2.75) is 12.6 Å². The third-order valence-electron chi connectivity index (χ3n) is 2.64. The van der Waals surface area contributed by atoms with Gasteiger partial charge >= 0.3 is 6.09 Å². The van der Waals surface area contributed by atoms with Gasteiger partial charge in [-0.05, 0) is 31.8 Å². The molecule has 1 fully saturated rings. The van der Waals surface area contributed by atoms with E-state index in [4.69, 9.17) is 4.74 Å². The number of phenols is 1. The first-order valence-electron chi connectivity index (χ1n) is 5.47. The number of hydrogen-bond acceptors (Lipinski definition) is 4. The summed E-state index contributed by atoms with van der Waals surface area (Å²) in [6, 6.07) is 5.29. The van der Waals surface area contributed by atoms with Crippen LogP contribution in [0.1, 0.15) is 17.2 Å². The highest BCUT2D eigenvalue weighted by Crippen LogP contribution is 2.26. The summed E-state index contributed by atoms with van der Waals surface area (Å²) in [6.45, 7) is 1.12. The molecule has 1 aliphatic heterocycles. The molecule has 5 nitrogen and oxygen atoms in total. The minimum atomic E-state index is -0.391. The van der Waals surface area contributed by atoms with E-state index in [-0.39, 0.29) is 11.9 Å². The van der Waals surface area contributed by atoms with E-state index in [9.17, 15) is 9.90 Å². The lowest BCUT2D eigenvalue weighted by atomic mass is 10.0. The number of amides is 1. The van der Waals surface area contributed by atoms with Crippen LogP contribution >= 0.6 is 0 Å². The number of nitrogens with one attached hydrogen (secondary N) is 1. The van der Waals surface area contributed by atoms with E-state index in [1.165, 1.54) is 0 Å². The molecule has 1 aromatic rings. The minimum Gasteiger partial charge on any atom is -0.508 e. The van der Waals surface area contributed by atoms with Gasteiger partial charge in [-0.2, -0.15) is 0 Å². The van der Waals surface area contributed by atoms with E-state index < -0.39 is 6.09 Å². The number of alkyl carbamates (subject to hydrolysis) is 1. The van der Waals surface area contributed by atoms with Crippen molar-refractivity contribution in [2.24, 2.45) is 0 Å². The average molecular weight is 236 g/mol. The quantitative estimate of drug-likeness (QED) is 0.828. The zero-order chi connectivity index (χ0) is 12.4. The molecule has 0 saturated carbocycles. The summed E-state index contributed by atoms with van der Waals surface area (Å²) in [5.74, 6) is 0.264. The smallest absolute Gasteiger partial charge is 0.407 e. The molecule has 0 bridgehead atoms. The van der Waals surface area contributed by atoms with Gasteiger partial charge in [0.05, 0.1) is 6.54 Å². The van der Waals surface area contributed by atoms with Gasteiger partial charge in [0.1, 0.15) is 11.9 Å². The molecule has 1 unspecified atom stereocenters. The highest BCUT2D eigenvalue weighted by Gasteiger charge is 2.24. The Morgan fingerprint density at radius 2 is 2.29 bits per heavy atom. The molecule has 1 amide bonds. The number of rotatable bonds is 3. The van der Waals surface area contributed by atoms with Crippen LogP contribution in [0, 0.1) is 0 Å². The monoisotopic (exact) mass is 236 g/mol. The van der Waals surface area contributed by atoms with Crippen LogP contribution in [0.2, 0.25) is 0 Å². The second kappa shape index (κ2) is 4.63. The van der Waals surface area contributed by atoms with Gasteiger partial charge in [-0.25, -0.2) is 4.79 Å². The maximum absolute atomic E-state index is 11.0. The fourth-order valence-corrected chi connectivity index (χ4v) is 1.85. The molecular formula is C12H16N2O3. The van der Waals surface area contributed by atoms with Crippen molar-refractivity contribution in [1.82, 2.24) is 10.2 Å². The number of cyclic esters (lactones) is 1. The van der Waals surface area contributed by atoms with Gasteiger partial charge < -0.3 is 20.1 Å². The molecule has 0 radical (unpaired) electrons. The van der Waals surface area contributed by atoms with Crippen LogP contribution in [0.3, 0.4) is 0 Å². The van der Waals surface area contributed by atoms with Gasteiger partial charge in [0.15, 0.2) is 0 Å². The van der Waals surface area contributed by atoms with Gasteiger partial charge in [-0.3, -0.25) is 0 Å². The fourth-order valence-electron chi connectivity index (χ4n) is 1.85. The zero-order valence-corrected chi connectivity index (χ0v) is 9.93. The number of nitrogens with zero attached hydrogens (tertiary/aromatic N) is 1. The van der Waals surface area contributed by atoms with Crippen molar-refractivity contribution in [3.8, 4) is 5.75 Å². The highest BCUT2D eigenvalue weighted by molar-refractivity contribution is 5.69. The molecule has 92 valence electrons. The number of aromatic hydroxyl groups is 1. The Morgan fingerprint density at radius 1 is 1.53 bits per heavy atom. The summed E-state index contributed by atoms with van der Waals surface area (Å²) < 4.78 is 5.10. The van der Waals surface area contributed by atoms with Crippen LogP contribution in [0.25, 0.3) is 0 Å². The van der Waals surface area contributed by atoms with Crippen molar-refractivity contribution in [1.29, 1.82) is 0 Å². The van der Waals surface area contributed by atoms with Crippen molar-refractivity contribution < 1.29 is 14.6 Å². The van der Waals surface area contributed by atoms with Gasteiger partial charge in [0.25, 0.3) is 0 Å². The molecule has 1 saturated heterocycles. The van der Waals surface area contributed by atoms with Gasteiger partial charge in [0, 0.05) is 12.1 Å². The summed E-state index contributed by atoms with van der Waals surface area (Å²) in [5, 5.41) is 12.3. The Balaban J connectivity index is 2.21. The Labute approximate surface area is 100.0 Å². The SMILES string of the molecule is CN(C)Cc1cc(C2CNC(=O)O2)ccc1O. The average Bonchev–Trinajstić information content (AvgIpc) is 2.67. The van der Waals surface area contributed by atoms with Crippen molar-refractivity contribution in [3.05, 3.63) is 29.3 Å². The Hall–Kier alpha value is -1.75. The third-order valence-corrected chi connectivity index (χ3v) is 2.64. The first-order valence-corrected chi connectivity index (χ1v) is 5.47. The van der Waals surface area contributed by atoms with Gasteiger partial charge in [-0.1, -0.05) is 6.07 Å². The molecule has 17 heavy (non-hydrogen) atoms. The first kappa shape index (κ1) is 11.7. The fraction of sp³-hybridized carbons (Fsp3) is 0.417. The standard InChI is InChI=1S/C12H16N2O3/c1-14(2)7-9-5-8(3-4-10(9)15)11-6-13-12(16)17-11/h3-5,11,15H,6-7H2,1-2H3,(H,13,16). The molecular weight excluding hydrogens is 220 g/mol. The summed E-state index contributed by atoms with van der Waals surface area (Å²) in [5.41, 5.74) is 1.73. The van der Waals surface area contributed by atoms with Gasteiger partial charge in [0.2, 0.25) is 0 Å². The van der Waals surface area contributed by atoms with Crippen molar-refractivity contribution >= 4 is 6.09 Å². The van der Waals surface area contributed by atoms with Crippen LogP contribution in [-0.4, -0.2) is 36.7 Å². The molecule has 0 aliphatic carbocycles. The van der Waals surface area contributed by atoms with E-state index in [0.29, 0.717) is 13.1 Å². The zero-order valence-electron chi connectivity index (χ0n) is 9.93. The van der Waals surface area contributed by atoms with Crippen LogP contribution in [0.5, 0.6) is 5.75 Å². The Kier molecular flexibility index (Phi) is 3.19. The molecule has 1 aliphatic rings. The summed E-state index contributed by atoms with van der Waals surface area (Å²) >= 11 is 0. The van der Waals surface area contributed by atoms with Gasteiger partial charge in [-0.15, -0.1) is 0 Å². The number of hydrogen-bond donors (Lipinski definition) is 2. The Bertz CT molecular complexity index is 432. The topological polar surface area (TPSA) is 61.8 Å². The van der Waals surface area contributed by atoms with Crippen LogP contribution in [-0.2, 0) is 11.3 Å². The van der Waals surface area contributed by atoms with E-state index >= 15 is 0 Å². The van der Waals surface area contributed by atoms with E-state index in [2.05, 4.69) is 5.32 Å². The van der Waals surface area contributed by atoms with Crippen molar-refractivity contribution in [3.63, 3.8) is 0 Å². The number of benzene rings is 1. The van der Waals surface area contributed by atoms with E-state index in [1.54, 1.807) is 12.1 Å². The minimum absolute atomic E-state index is 0.260. The summed E-state index contributed by atoms with van der Waals surface area (Å²) in [4.78, 5) is 12.9. The van der Waals surface area contributed by atoms with E-state index in [1.807, 2.05) is 25.1 Å². The number of carbonyl (C=O) groups is 1. The normalized spacial score (nSPS) is 19.2. The summed E-state index contributed by atoms with van der Waals surface area (Å²) in [6.07, 6.45) is -0.652. The third kappa shape index (κ3) is 2.68. The maximum Gasteiger partial charge on any atom is 0.407 e. The number of phenolic OH excluding ortho intramolecular Hbond substituents is 1. The number of carbonyl (C=O) groups excluding carboxylic acids is 1. The predicted octanol–water partition coefficient (Wildman–Crippen LogP) is 1.23. The van der Waals surface area contributed by atoms with Crippen molar-refractivity contribution in [2.75, 3.05) is 20.6 Å². The highest BCUT2D eigenvalue weighted by atomic mass is 16.6. The van der Waals surface area contributed by atoms with Crippen LogP contribution in [0.15, 0.2) is 18.2 Å².